The highest BCUT2D eigenvalue weighted by atomic mass is 32.2. The van der Waals surface area contributed by atoms with E-state index in [2.05, 4.69) is 5.32 Å². The third-order valence-electron chi connectivity index (χ3n) is 2.58. The van der Waals surface area contributed by atoms with Gasteiger partial charge in [0.25, 0.3) is 0 Å². The van der Waals surface area contributed by atoms with Crippen LogP contribution in [-0.2, 0) is 14.6 Å². The van der Waals surface area contributed by atoms with E-state index < -0.39 is 21.0 Å². The third-order valence-corrected chi connectivity index (χ3v) is 5.14. The lowest BCUT2D eigenvalue weighted by molar-refractivity contribution is -0.115. The Morgan fingerprint density at radius 1 is 1.21 bits per heavy atom. The second kappa shape index (κ2) is 5.74. The number of carbonyl (C=O) groups is 1. The van der Waals surface area contributed by atoms with Crippen molar-refractivity contribution in [1.29, 1.82) is 0 Å². The molecule has 0 spiro atoms. The highest BCUT2D eigenvalue weighted by Crippen LogP contribution is 2.19. The van der Waals surface area contributed by atoms with Crippen molar-refractivity contribution < 1.29 is 13.2 Å². The summed E-state index contributed by atoms with van der Waals surface area (Å²) >= 11 is 0. The maximum Gasteiger partial charge on any atom is 0.242 e. The molecule has 1 aromatic rings. The molecule has 0 aliphatic heterocycles. The maximum absolute atomic E-state index is 12.1. The Morgan fingerprint density at radius 3 is 2.21 bits per heavy atom. The molecule has 0 radical (unpaired) electrons. The molecule has 1 atom stereocenters. The molecular weight excluding hydrogens is 262 g/mol. The molecule has 0 saturated carbocycles. The summed E-state index contributed by atoms with van der Waals surface area (Å²) in [6, 6.07) is 8.84. The Hall–Kier alpha value is -1.36. The van der Waals surface area contributed by atoms with Gasteiger partial charge >= 0.3 is 0 Å². The van der Waals surface area contributed by atoms with E-state index in [1.807, 2.05) is 26.8 Å². The molecule has 0 aliphatic carbocycles. The summed E-state index contributed by atoms with van der Waals surface area (Å²) in [7, 11) is -3.45. The van der Waals surface area contributed by atoms with E-state index in [1.165, 1.54) is 6.92 Å². The van der Waals surface area contributed by atoms with Crippen molar-refractivity contribution in [2.75, 3.05) is 11.1 Å². The molecule has 1 rings (SSSR count). The van der Waals surface area contributed by atoms with E-state index in [9.17, 15) is 13.2 Å². The zero-order valence-electron chi connectivity index (χ0n) is 11.8. The fourth-order valence-electron chi connectivity index (χ4n) is 1.66. The number of anilines is 1. The molecule has 0 bridgehead atoms. The number of hydrogen-bond donors (Lipinski definition) is 1. The first kappa shape index (κ1) is 15.7. The topological polar surface area (TPSA) is 63.2 Å². The molecule has 1 aromatic carbocycles. The van der Waals surface area contributed by atoms with E-state index in [0.717, 1.165) is 0 Å². The zero-order chi connectivity index (χ0) is 14.7. The highest BCUT2D eigenvalue weighted by Gasteiger charge is 2.31. The van der Waals surface area contributed by atoms with Crippen LogP contribution < -0.4 is 5.32 Å². The number of carbonyl (C=O) groups excluding carboxylic acids is 1. The van der Waals surface area contributed by atoms with Crippen LogP contribution in [0, 0.1) is 5.41 Å². The largest absolute Gasteiger partial charge is 0.325 e. The Morgan fingerprint density at radius 2 is 1.74 bits per heavy atom. The fourth-order valence-corrected chi connectivity index (χ4v) is 3.50. The molecule has 1 amide bonds. The number of hydrogen-bond acceptors (Lipinski definition) is 3. The Kier molecular flexibility index (Phi) is 4.74. The first-order valence-corrected chi connectivity index (χ1v) is 7.91. The van der Waals surface area contributed by atoms with Crippen LogP contribution in [0.15, 0.2) is 30.3 Å². The minimum Gasteiger partial charge on any atom is -0.325 e. The van der Waals surface area contributed by atoms with E-state index >= 15 is 0 Å². The van der Waals surface area contributed by atoms with Gasteiger partial charge in [0, 0.05) is 5.69 Å². The number of amides is 1. The van der Waals surface area contributed by atoms with Gasteiger partial charge in [0.05, 0.1) is 5.75 Å². The van der Waals surface area contributed by atoms with Gasteiger partial charge in [-0.15, -0.1) is 0 Å². The summed E-state index contributed by atoms with van der Waals surface area (Å²) in [6.45, 7) is 6.95. The van der Waals surface area contributed by atoms with Crippen molar-refractivity contribution >= 4 is 21.4 Å². The molecule has 1 N–H and O–H groups in total. The highest BCUT2D eigenvalue weighted by molar-refractivity contribution is 7.92. The van der Waals surface area contributed by atoms with Gasteiger partial charge in [0.15, 0.2) is 9.84 Å². The Labute approximate surface area is 115 Å². The summed E-state index contributed by atoms with van der Waals surface area (Å²) in [5.41, 5.74) is 0.241. The normalized spacial score (nSPS) is 13.9. The summed E-state index contributed by atoms with van der Waals surface area (Å²) in [5.74, 6) is -0.501. The summed E-state index contributed by atoms with van der Waals surface area (Å²) < 4.78 is 24.2. The van der Waals surface area contributed by atoms with Crippen LogP contribution >= 0.6 is 0 Å². The summed E-state index contributed by atoms with van der Waals surface area (Å²) in [5, 5.41) is 1.57. The minimum absolute atomic E-state index is 0.0105. The molecule has 0 saturated heterocycles. The van der Waals surface area contributed by atoms with Gasteiger partial charge in [0.2, 0.25) is 5.91 Å². The predicted octanol–water partition coefficient (Wildman–Crippen LogP) is 2.47. The molecule has 5 heteroatoms. The summed E-state index contributed by atoms with van der Waals surface area (Å²) in [6.07, 6.45) is 0. The number of nitrogens with one attached hydrogen (secondary N) is 1. The zero-order valence-corrected chi connectivity index (χ0v) is 12.6. The second-order valence-electron chi connectivity index (χ2n) is 5.87. The van der Waals surface area contributed by atoms with Crippen molar-refractivity contribution in [2.24, 2.45) is 5.41 Å². The average molecular weight is 283 g/mol. The molecule has 0 fully saturated rings. The van der Waals surface area contributed by atoms with Crippen LogP contribution in [0.3, 0.4) is 0 Å². The molecule has 0 heterocycles. The first-order valence-electron chi connectivity index (χ1n) is 6.19. The molecule has 0 aromatic heterocycles. The monoisotopic (exact) mass is 283 g/mol. The smallest absolute Gasteiger partial charge is 0.242 e. The number of sulfone groups is 1. The summed E-state index contributed by atoms with van der Waals surface area (Å²) in [4.78, 5) is 12.0. The average Bonchev–Trinajstić information content (AvgIpc) is 2.26. The lowest BCUT2D eigenvalue weighted by atomic mass is 10.0. The van der Waals surface area contributed by atoms with E-state index in [0.29, 0.717) is 5.69 Å². The SMILES string of the molecule is CC(C(=O)Nc1ccccc1)S(=O)(=O)CC(C)(C)C. The van der Waals surface area contributed by atoms with Gasteiger partial charge in [0.1, 0.15) is 5.25 Å². The molecule has 0 aliphatic rings. The van der Waals surface area contributed by atoms with Crippen molar-refractivity contribution in [3.8, 4) is 0 Å². The number of benzene rings is 1. The van der Waals surface area contributed by atoms with Crippen molar-refractivity contribution in [3.05, 3.63) is 30.3 Å². The maximum atomic E-state index is 12.1. The van der Waals surface area contributed by atoms with Crippen LogP contribution in [0.5, 0.6) is 0 Å². The van der Waals surface area contributed by atoms with Crippen molar-refractivity contribution in [2.45, 2.75) is 32.9 Å². The van der Waals surface area contributed by atoms with Gasteiger partial charge in [-0.3, -0.25) is 4.79 Å². The van der Waals surface area contributed by atoms with Crippen LogP contribution in [0.1, 0.15) is 27.7 Å². The molecular formula is C14H21NO3S. The lowest BCUT2D eigenvalue weighted by Gasteiger charge is -2.21. The molecule has 4 nitrogen and oxygen atoms in total. The Bertz CT molecular complexity index is 530. The van der Waals surface area contributed by atoms with E-state index in [-0.39, 0.29) is 11.2 Å². The van der Waals surface area contributed by atoms with Crippen molar-refractivity contribution in [3.63, 3.8) is 0 Å². The second-order valence-corrected chi connectivity index (χ2v) is 8.19. The van der Waals surface area contributed by atoms with E-state index in [4.69, 9.17) is 0 Å². The van der Waals surface area contributed by atoms with Gasteiger partial charge in [-0.1, -0.05) is 39.0 Å². The number of rotatable bonds is 4. The predicted molar refractivity (Wildman–Crippen MR) is 77.8 cm³/mol. The van der Waals surface area contributed by atoms with E-state index in [1.54, 1.807) is 24.3 Å². The quantitative estimate of drug-likeness (QED) is 0.923. The fraction of sp³-hybridized carbons (Fsp3) is 0.500. The lowest BCUT2D eigenvalue weighted by Crippen LogP contribution is -2.37. The van der Waals surface area contributed by atoms with Crippen LogP contribution in [0.2, 0.25) is 0 Å². The van der Waals surface area contributed by atoms with Gasteiger partial charge in [-0.25, -0.2) is 8.42 Å². The van der Waals surface area contributed by atoms with Crippen LogP contribution in [-0.4, -0.2) is 25.3 Å². The first-order chi connectivity index (χ1) is 8.62. The molecule has 19 heavy (non-hydrogen) atoms. The number of para-hydroxylation sites is 1. The van der Waals surface area contributed by atoms with Crippen LogP contribution in [0.25, 0.3) is 0 Å². The molecule has 106 valence electrons. The van der Waals surface area contributed by atoms with Gasteiger partial charge < -0.3 is 5.32 Å². The standard InChI is InChI=1S/C14H21NO3S/c1-11(19(17,18)10-14(2,3)4)13(16)15-12-8-6-5-7-9-12/h5-9,11H,10H2,1-4H3,(H,15,16). The van der Waals surface area contributed by atoms with Gasteiger partial charge in [-0.2, -0.15) is 0 Å². The van der Waals surface area contributed by atoms with Gasteiger partial charge in [-0.05, 0) is 24.5 Å². The van der Waals surface area contributed by atoms with Crippen molar-refractivity contribution in [1.82, 2.24) is 0 Å². The minimum atomic E-state index is -3.45. The molecule has 1 unspecified atom stereocenters. The Balaban J connectivity index is 2.77. The third kappa shape index (κ3) is 5.03. The van der Waals surface area contributed by atoms with Crippen LogP contribution in [0.4, 0.5) is 5.69 Å².